The van der Waals surface area contributed by atoms with E-state index in [0.29, 0.717) is 6.54 Å². The fourth-order valence-corrected chi connectivity index (χ4v) is 1.84. The van der Waals surface area contributed by atoms with E-state index in [1.807, 2.05) is 13.8 Å². The molecule has 1 aromatic rings. The lowest BCUT2D eigenvalue weighted by atomic mass is 10.3. The number of amides is 1. The Hall–Kier alpha value is -0.940. The SMILES string of the molecule is Cc1nc(CNC(C)C(N)=O)sc1C. The van der Waals surface area contributed by atoms with Crippen LogP contribution in [0.5, 0.6) is 0 Å². The number of carbonyl (C=O) groups is 1. The van der Waals surface area contributed by atoms with E-state index in [-0.39, 0.29) is 11.9 Å². The van der Waals surface area contributed by atoms with Crippen molar-refractivity contribution in [3.8, 4) is 0 Å². The molecule has 1 rings (SSSR count). The summed E-state index contributed by atoms with van der Waals surface area (Å²) in [6.45, 7) is 6.36. The van der Waals surface area contributed by atoms with Crippen LogP contribution in [0.25, 0.3) is 0 Å². The third kappa shape index (κ3) is 2.78. The van der Waals surface area contributed by atoms with Crippen molar-refractivity contribution in [3.63, 3.8) is 0 Å². The maximum Gasteiger partial charge on any atom is 0.234 e. The molecule has 1 amide bonds. The van der Waals surface area contributed by atoms with E-state index in [9.17, 15) is 4.79 Å². The van der Waals surface area contributed by atoms with Crippen LogP contribution in [0.3, 0.4) is 0 Å². The van der Waals surface area contributed by atoms with Crippen molar-refractivity contribution >= 4 is 17.2 Å². The monoisotopic (exact) mass is 213 g/mol. The van der Waals surface area contributed by atoms with Gasteiger partial charge in [-0.3, -0.25) is 10.1 Å². The maximum absolute atomic E-state index is 10.7. The molecule has 3 N–H and O–H groups in total. The van der Waals surface area contributed by atoms with Crippen LogP contribution in [-0.4, -0.2) is 16.9 Å². The normalized spacial score (nSPS) is 12.8. The molecule has 0 aromatic carbocycles. The minimum absolute atomic E-state index is 0.306. The molecule has 0 bridgehead atoms. The number of carbonyl (C=O) groups excluding carboxylic acids is 1. The van der Waals surface area contributed by atoms with Gasteiger partial charge in [-0.25, -0.2) is 4.98 Å². The van der Waals surface area contributed by atoms with E-state index in [4.69, 9.17) is 5.73 Å². The molecule has 1 aromatic heterocycles. The number of hydrogen-bond acceptors (Lipinski definition) is 4. The van der Waals surface area contributed by atoms with Gasteiger partial charge in [0.2, 0.25) is 5.91 Å². The Morgan fingerprint density at radius 2 is 2.29 bits per heavy atom. The third-order valence-electron chi connectivity index (χ3n) is 2.06. The van der Waals surface area contributed by atoms with Gasteiger partial charge in [-0.2, -0.15) is 0 Å². The predicted octanol–water partition coefficient (Wildman–Crippen LogP) is 0.723. The summed E-state index contributed by atoms with van der Waals surface area (Å²) < 4.78 is 0. The maximum atomic E-state index is 10.7. The summed E-state index contributed by atoms with van der Waals surface area (Å²) in [5.41, 5.74) is 6.17. The van der Waals surface area contributed by atoms with E-state index < -0.39 is 0 Å². The van der Waals surface area contributed by atoms with Crippen molar-refractivity contribution in [1.82, 2.24) is 10.3 Å². The number of hydrogen-bond donors (Lipinski definition) is 2. The molecule has 0 spiro atoms. The Kier molecular flexibility index (Phi) is 3.60. The number of nitrogens with zero attached hydrogens (tertiary/aromatic N) is 1. The Morgan fingerprint density at radius 1 is 1.64 bits per heavy atom. The first-order valence-electron chi connectivity index (χ1n) is 4.46. The van der Waals surface area contributed by atoms with Crippen molar-refractivity contribution in [2.24, 2.45) is 5.73 Å². The van der Waals surface area contributed by atoms with Crippen LogP contribution in [0, 0.1) is 13.8 Å². The number of aromatic nitrogens is 1. The third-order valence-corrected chi connectivity index (χ3v) is 3.13. The van der Waals surface area contributed by atoms with E-state index in [1.165, 1.54) is 4.88 Å². The first kappa shape index (κ1) is 11.1. The largest absolute Gasteiger partial charge is 0.368 e. The lowest BCUT2D eigenvalue weighted by molar-refractivity contribution is -0.119. The second-order valence-corrected chi connectivity index (χ2v) is 4.54. The summed E-state index contributed by atoms with van der Waals surface area (Å²) in [5, 5.41) is 4.01. The van der Waals surface area contributed by atoms with Gasteiger partial charge < -0.3 is 5.73 Å². The molecule has 1 heterocycles. The minimum atomic E-state index is -0.338. The fraction of sp³-hybridized carbons (Fsp3) is 0.556. The van der Waals surface area contributed by atoms with Gasteiger partial charge in [0.05, 0.1) is 11.7 Å². The highest BCUT2D eigenvalue weighted by atomic mass is 32.1. The fourth-order valence-electron chi connectivity index (χ4n) is 0.956. The Bertz CT molecular complexity index is 315. The summed E-state index contributed by atoms with van der Waals surface area (Å²) >= 11 is 1.64. The number of nitrogens with two attached hydrogens (primary N) is 1. The first-order chi connectivity index (χ1) is 6.50. The lowest BCUT2D eigenvalue weighted by Gasteiger charge is -2.07. The van der Waals surface area contributed by atoms with Crippen LogP contribution in [0.2, 0.25) is 0 Å². The lowest BCUT2D eigenvalue weighted by Crippen LogP contribution is -2.38. The van der Waals surface area contributed by atoms with E-state index in [0.717, 1.165) is 10.7 Å². The Labute approximate surface area is 87.5 Å². The second-order valence-electron chi connectivity index (χ2n) is 3.25. The molecule has 1 unspecified atom stereocenters. The van der Waals surface area contributed by atoms with Crippen LogP contribution in [0.15, 0.2) is 0 Å². The molecular formula is C9H15N3OS. The van der Waals surface area contributed by atoms with Crippen molar-refractivity contribution in [3.05, 3.63) is 15.6 Å². The highest BCUT2D eigenvalue weighted by Gasteiger charge is 2.09. The Balaban J connectivity index is 2.50. The van der Waals surface area contributed by atoms with Crippen molar-refractivity contribution in [2.45, 2.75) is 33.4 Å². The molecule has 5 heteroatoms. The smallest absolute Gasteiger partial charge is 0.234 e. The Morgan fingerprint density at radius 3 is 2.71 bits per heavy atom. The van der Waals surface area contributed by atoms with Crippen LogP contribution in [0.4, 0.5) is 0 Å². The van der Waals surface area contributed by atoms with Crippen LogP contribution >= 0.6 is 11.3 Å². The van der Waals surface area contributed by atoms with E-state index in [1.54, 1.807) is 18.3 Å². The predicted molar refractivity (Wildman–Crippen MR) is 57.1 cm³/mol. The average molecular weight is 213 g/mol. The van der Waals surface area contributed by atoms with Gasteiger partial charge in [0.1, 0.15) is 5.01 Å². The van der Waals surface area contributed by atoms with Gasteiger partial charge in [0.25, 0.3) is 0 Å². The highest BCUT2D eigenvalue weighted by Crippen LogP contribution is 2.15. The molecule has 0 aliphatic carbocycles. The zero-order valence-corrected chi connectivity index (χ0v) is 9.44. The minimum Gasteiger partial charge on any atom is -0.368 e. The summed E-state index contributed by atoms with van der Waals surface area (Å²) in [5.74, 6) is -0.338. The van der Waals surface area contributed by atoms with Gasteiger partial charge in [-0.15, -0.1) is 11.3 Å². The second kappa shape index (κ2) is 4.52. The van der Waals surface area contributed by atoms with Gasteiger partial charge in [-0.1, -0.05) is 0 Å². The number of rotatable bonds is 4. The molecule has 0 fully saturated rings. The molecule has 0 radical (unpaired) electrons. The van der Waals surface area contributed by atoms with Gasteiger partial charge in [-0.05, 0) is 20.8 Å². The molecule has 78 valence electrons. The highest BCUT2D eigenvalue weighted by molar-refractivity contribution is 7.11. The number of thiazole rings is 1. The summed E-state index contributed by atoms with van der Waals surface area (Å²) in [6.07, 6.45) is 0. The van der Waals surface area contributed by atoms with E-state index in [2.05, 4.69) is 10.3 Å². The van der Waals surface area contributed by atoms with Crippen LogP contribution in [-0.2, 0) is 11.3 Å². The van der Waals surface area contributed by atoms with Crippen LogP contribution < -0.4 is 11.1 Å². The van der Waals surface area contributed by atoms with Crippen LogP contribution in [0.1, 0.15) is 22.5 Å². The van der Waals surface area contributed by atoms with E-state index >= 15 is 0 Å². The summed E-state index contributed by atoms with van der Waals surface area (Å²) in [7, 11) is 0. The number of nitrogens with one attached hydrogen (secondary N) is 1. The average Bonchev–Trinajstić information content (AvgIpc) is 2.42. The molecule has 4 nitrogen and oxygen atoms in total. The zero-order chi connectivity index (χ0) is 10.7. The number of primary amides is 1. The standard InChI is InChI=1S/C9H15N3OS/c1-5-7(3)14-8(12-5)4-11-6(2)9(10)13/h6,11H,4H2,1-3H3,(H2,10,13). The van der Waals surface area contributed by atoms with Crippen molar-refractivity contribution in [2.75, 3.05) is 0 Å². The quantitative estimate of drug-likeness (QED) is 0.774. The molecule has 1 atom stereocenters. The zero-order valence-electron chi connectivity index (χ0n) is 8.63. The molecule has 14 heavy (non-hydrogen) atoms. The van der Waals surface area contributed by atoms with Gasteiger partial charge in [0.15, 0.2) is 0 Å². The molecule has 0 saturated heterocycles. The molecule has 0 saturated carbocycles. The van der Waals surface area contributed by atoms with Crippen molar-refractivity contribution in [1.29, 1.82) is 0 Å². The molecular weight excluding hydrogens is 198 g/mol. The van der Waals surface area contributed by atoms with Crippen molar-refractivity contribution < 1.29 is 4.79 Å². The molecule has 0 aliphatic rings. The number of aryl methyl sites for hydroxylation is 2. The van der Waals surface area contributed by atoms with Gasteiger partial charge in [0, 0.05) is 11.4 Å². The molecule has 0 aliphatic heterocycles. The summed E-state index contributed by atoms with van der Waals surface area (Å²) in [4.78, 5) is 16.3. The summed E-state index contributed by atoms with van der Waals surface area (Å²) in [6, 6.07) is -0.306. The van der Waals surface area contributed by atoms with Gasteiger partial charge >= 0.3 is 0 Å². The first-order valence-corrected chi connectivity index (χ1v) is 5.28. The topological polar surface area (TPSA) is 68.0 Å².